The van der Waals surface area contributed by atoms with E-state index in [4.69, 9.17) is 9.05 Å². The number of carbonyl (C=O) groups is 1. The van der Waals surface area contributed by atoms with E-state index in [-0.39, 0.29) is 19.1 Å². The summed E-state index contributed by atoms with van der Waals surface area (Å²) < 4.78 is 22.9. The number of rotatable bonds is 31. The van der Waals surface area contributed by atoms with Crippen molar-refractivity contribution in [3.8, 4) is 0 Å². The fraction of sp³-hybridized carbons (Fsp3) is 0.912. The number of nitrogens with zero attached hydrogens (tertiary/aromatic N) is 1. The number of amides is 1. The highest BCUT2D eigenvalue weighted by atomic mass is 31.2. The third-order valence-electron chi connectivity index (χ3n) is 7.75. The first-order chi connectivity index (χ1) is 20.5. The summed E-state index contributed by atoms with van der Waals surface area (Å²) in [6.07, 6.45) is 27.2. The van der Waals surface area contributed by atoms with Gasteiger partial charge in [0.1, 0.15) is 13.2 Å². The van der Waals surface area contributed by atoms with Crippen molar-refractivity contribution in [3.05, 3.63) is 12.2 Å². The van der Waals surface area contributed by atoms with Crippen LogP contribution in [-0.4, -0.2) is 68.5 Å². The molecule has 0 aromatic heterocycles. The molecule has 0 fully saturated rings. The van der Waals surface area contributed by atoms with Crippen molar-refractivity contribution in [1.29, 1.82) is 0 Å². The molecule has 43 heavy (non-hydrogen) atoms. The Bertz CT molecular complexity index is 728. The average Bonchev–Trinajstić information content (AvgIpc) is 2.94. The number of hydrogen-bond donors (Lipinski definition) is 2. The zero-order chi connectivity index (χ0) is 32.2. The Balaban J connectivity index is 4.42. The van der Waals surface area contributed by atoms with Gasteiger partial charge in [-0.05, 0) is 19.3 Å². The topological polar surface area (TPSA) is 108 Å². The number of aliphatic hydroxyl groups is 1. The molecular weight excluding hydrogens is 563 g/mol. The third-order valence-corrected chi connectivity index (χ3v) is 8.71. The van der Waals surface area contributed by atoms with E-state index in [9.17, 15) is 19.4 Å². The molecule has 0 aromatic rings. The highest BCUT2D eigenvalue weighted by Gasteiger charge is 2.23. The van der Waals surface area contributed by atoms with Crippen LogP contribution >= 0.6 is 7.82 Å². The van der Waals surface area contributed by atoms with Gasteiger partial charge in [-0.3, -0.25) is 9.36 Å². The number of phosphoric acid groups is 1. The van der Waals surface area contributed by atoms with Crippen LogP contribution in [0.4, 0.5) is 0 Å². The van der Waals surface area contributed by atoms with Gasteiger partial charge in [-0.2, -0.15) is 0 Å². The number of hydrogen-bond acceptors (Lipinski definition) is 6. The zero-order valence-corrected chi connectivity index (χ0v) is 29.6. The van der Waals surface area contributed by atoms with Gasteiger partial charge >= 0.3 is 0 Å². The number of aliphatic hydroxyl groups excluding tert-OH is 1. The molecule has 0 heterocycles. The van der Waals surface area contributed by atoms with Crippen molar-refractivity contribution in [2.75, 3.05) is 40.9 Å². The number of allylic oxidation sites excluding steroid dienone is 1. The van der Waals surface area contributed by atoms with Gasteiger partial charge in [0, 0.05) is 6.42 Å². The van der Waals surface area contributed by atoms with Crippen molar-refractivity contribution in [2.45, 2.75) is 161 Å². The first kappa shape index (κ1) is 42.2. The molecule has 0 saturated carbocycles. The maximum atomic E-state index is 12.5. The Hall–Kier alpha value is -0.760. The summed E-state index contributed by atoms with van der Waals surface area (Å²) in [5, 5.41) is 13.6. The van der Waals surface area contributed by atoms with Crippen LogP contribution in [0.2, 0.25) is 0 Å². The lowest BCUT2D eigenvalue weighted by Gasteiger charge is -2.29. The van der Waals surface area contributed by atoms with Crippen LogP contribution in [0.25, 0.3) is 0 Å². The molecule has 3 atom stereocenters. The number of phosphoric ester groups is 1. The van der Waals surface area contributed by atoms with Crippen LogP contribution in [0, 0.1) is 0 Å². The molecule has 0 aliphatic carbocycles. The molecule has 1 amide bonds. The highest BCUT2D eigenvalue weighted by Crippen LogP contribution is 2.38. The van der Waals surface area contributed by atoms with Gasteiger partial charge in [0.25, 0.3) is 7.82 Å². The fourth-order valence-electron chi connectivity index (χ4n) is 4.86. The Labute approximate surface area is 265 Å². The lowest BCUT2D eigenvalue weighted by Crippen LogP contribution is -2.45. The number of unbranched alkanes of at least 4 members (excludes halogenated alkanes) is 18. The fourth-order valence-corrected chi connectivity index (χ4v) is 5.58. The van der Waals surface area contributed by atoms with E-state index in [2.05, 4.69) is 19.2 Å². The molecule has 0 aromatic carbocycles. The number of carbonyl (C=O) groups excluding carboxylic acids is 1. The maximum absolute atomic E-state index is 12.5. The molecule has 0 saturated heterocycles. The maximum Gasteiger partial charge on any atom is 0.268 e. The predicted octanol–water partition coefficient (Wildman–Crippen LogP) is 7.83. The summed E-state index contributed by atoms with van der Waals surface area (Å²) in [4.78, 5) is 24.8. The highest BCUT2D eigenvalue weighted by molar-refractivity contribution is 7.45. The van der Waals surface area contributed by atoms with E-state index in [1.807, 2.05) is 27.2 Å². The molecule has 0 radical (unpaired) electrons. The summed E-state index contributed by atoms with van der Waals surface area (Å²) in [6, 6.07) is -0.875. The van der Waals surface area contributed by atoms with Crippen LogP contribution in [0.1, 0.15) is 149 Å². The molecule has 0 rings (SSSR count). The average molecular weight is 633 g/mol. The van der Waals surface area contributed by atoms with Crippen LogP contribution in [-0.2, 0) is 18.4 Å². The number of nitrogens with one attached hydrogen (secondary N) is 1. The second-order valence-electron chi connectivity index (χ2n) is 13.2. The second-order valence-corrected chi connectivity index (χ2v) is 14.6. The smallest absolute Gasteiger partial charge is 0.268 e. The quantitative estimate of drug-likeness (QED) is 0.0349. The normalized spacial score (nSPS) is 15.0. The van der Waals surface area contributed by atoms with E-state index in [1.54, 1.807) is 6.08 Å². The molecule has 0 aliphatic rings. The molecule has 256 valence electrons. The van der Waals surface area contributed by atoms with Gasteiger partial charge in [0.2, 0.25) is 5.91 Å². The Morgan fingerprint density at radius 3 is 1.74 bits per heavy atom. The molecule has 0 aliphatic heterocycles. The van der Waals surface area contributed by atoms with Crippen molar-refractivity contribution in [1.82, 2.24) is 5.32 Å². The summed E-state index contributed by atoms with van der Waals surface area (Å²) in [7, 11) is 1.26. The van der Waals surface area contributed by atoms with Gasteiger partial charge in [-0.15, -0.1) is 0 Å². The SMILES string of the molecule is CCCCCCCCCCCCCCCC/C=C/C(O)C(COP(=O)([O-])OCC[N+](C)(C)C)NC(=O)CCCCCCC. The second kappa shape index (κ2) is 27.5. The van der Waals surface area contributed by atoms with Crippen LogP contribution in [0.5, 0.6) is 0 Å². The van der Waals surface area contributed by atoms with Gasteiger partial charge in [0.15, 0.2) is 0 Å². The lowest BCUT2D eigenvalue weighted by atomic mass is 10.0. The Kier molecular flexibility index (Phi) is 27.1. The van der Waals surface area contributed by atoms with Crippen LogP contribution in [0.3, 0.4) is 0 Å². The van der Waals surface area contributed by atoms with Crippen molar-refractivity contribution >= 4 is 13.7 Å². The first-order valence-corrected chi connectivity index (χ1v) is 19.0. The molecular formula is C34H69N2O6P. The number of likely N-dealkylation sites (N-methyl/N-ethyl adjacent to an activating group) is 1. The summed E-state index contributed by atoms with van der Waals surface area (Å²) in [5.74, 6) is -0.212. The number of quaternary nitrogens is 1. The minimum Gasteiger partial charge on any atom is -0.756 e. The predicted molar refractivity (Wildman–Crippen MR) is 178 cm³/mol. The van der Waals surface area contributed by atoms with E-state index in [0.717, 1.165) is 51.4 Å². The van der Waals surface area contributed by atoms with Crippen molar-refractivity contribution in [2.24, 2.45) is 0 Å². The standard InChI is InChI=1S/C34H69N2O6P/c1-6-8-10-12-13-14-15-16-17-18-19-20-21-22-24-25-27-33(37)32(35-34(38)28-26-23-11-9-7-2)31-42-43(39,40)41-30-29-36(3,4)5/h25,27,32-33,37H,6-24,26,28-31H2,1-5H3,(H-,35,38,39,40)/b27-25+. The molecule has 0 spiro atoms. The van der Waals surface area contributed by atoms with Gasteiger partial charge < -0.3 is 28.8 Å². The minimum atomic E-state index is -4.56. The van der Waals surface area contributed by atoms with E-state index < -0.39 is 20.0 Å². The lowest BCUT2D eigenvalue weighted by molar-refractivity contribution is -0.870. The Morgan fingerprint density at radius 2 is 1.26 bits per heavy atom. The summed E-state index contributed by atoms with van der Waals surface area (Å²) in [6.45, 7) is 4.53. The molecule has 2 N–H and O–H groups in total. The van der Waals surface area contributed by atoms with E-state index >= 15 is 0 Å². The summed E-state index contributed by atoms with van der Waals surface area (Å²) >= 11 is 0. The van der Waals surface area contributed by atoms with Gasteiger partial charge in [0.05, 0.1) is 39.9 Å². The first-order valence-electron chi connectivity index (χ1n) is 17.6. The zero-order valence-electron chi connectivity index (χ0n) is 28.7. The summed E-state index contributed by atoms with van der Waals surface area (Å²) in [5.41, 5.74) is 0. The third kappa shape index (κ3) is 29.7. The Morgan fingerprint density at radius 1 is 0.791 bits per heavy atom. The van der Waals surface area contributed by atoms with Crippen molar-refractivity contribution in [3.63, 3.8) is 0 Å². The minimum absolute atomic E-state index is 0.000708. The van der Waals surface area contributed by atoms with E-state index in [0.29, 0.717) is 17.4 Å². The van der Waals surface area contributed by atoms with Crippen LogP contribution in [0.15, 0.2) is 12.2 Å². The van der Waals surface area contributed by atoms with Gasteiger partial charge in [-0.1, -0.05) is 135 Å². The van der Waals surface area contributed by atoms with Gasteiger partial charge in [-0.25, -0.2) is 0 Å². The monoisotopic (exact) mass is 632 g/mol. The van der Waals surface area contributed by atoms with Crippen LogP contribution < -0.4 is 10.2 Å². The molecule has 3 unspecified atom stereocenters. The molecule has 9 heteroatoms. The van der Waals surface area contributed by atoms with Crippen molar-refractivity contribution < 1.29 is 32.9 Å². The largest absolute Gasteiger partial charge is 0.756 e. The molecule has 0 bridgehead atoms. The molecule has 8 nitrogen and oxygen atoms in total. The van der Waals surface area contributed by atoms with E-state index in [1.165, 1.54) is 77.0 Å².